The molecule has 0 aliphatic carbocycles. The van der Waals surface area contributed by atoms with Crippen LogP contribution in [0.3, 0.4) is 0 Å². The molecule has 2 unspecified atom stereocenters. The number of rotatable bonds is 15. The van der Waals surface area contributed by atoms with Crippen LogP contribution in [0.5, 0.6) is 0 Å². The van der Waals surface area contributed by atoms with Gasteiger partial charge in [0.1, 0.15) is 12.2 Å². The van der Waals surface area contributed by atoms with E-state index in [4.69, 9.17) is 18.9 Å². The number of hydrogen-bond acceptors (Lipinski definition) is 4. The Hall–Kier alpha value is -0.600. The molecule has 0 N–H and O–H groups in total. The molecule has 0 spiro atoms. The first-order chi connectivity index (χ1) is 11.9. The molecule has 2 fully saturated rings. The average Bonchev–Trinajstić information content (AvgIpc) is 3.48. The van der Waals surface area contributed by atoms with Crippen molar-refractivity contribution >= 4 is 0 Å². The third-order valence-corrected chi connectivity index (χ3v) is 4.30. The van der Waals surface area contributed by atoms with Crippen LogP contribution < -0.4 is 0 Å². The van der Waals surface area contributed by atoms with Gasteiger partial charge in [-0.1, -0.05) is 64.2 Å². The lowest BCUT2D eigenvalue weighted by Crippen LogP contribution is -2.20. The number of hydrogen-bond donors (Lipinski definition) is 0. The highest BCUT2D eigenvalue weighted by molar-refractivity contribution is 5.02. The molecule has 0 aromatic heterocycles. The van der Waals surface area contributed by atoms with Gasteiger partial charge >= 0.3 is 0 Å². The molecule has 138 valence electrons. The predicted octanol–water partition coefficient (Wildman–Crippen LogP) is 4.07. The predicted molar refractivity (Wildman–Crippen MR) is 94.8 cm³/mol. The molecule has 4 heteroatoms. The van der Waals surface area contributed by atoms with Crippen molar-refractivity contribution in [3.8, 4) is 11.8 Å². The van der Waals surface area contributed by atoms with Crippen molar-refractivity contribution < 1.29 is 18.9 Å². The van der Waals surface area contributed by atoms with Crippen molar-refractivity contribution in [2.45, 2.75) is 89.6 Å². The third-order valence-electron chi connectivity index (χ3n) is 4.30. The highest BCUT2D eigenvalue weighted by Gasteiger charge is 2.26. The fraction of sp³-hybridized carbons (Fsp3) is 0.900. The van der Waals surface area contributed by atoms with Crippen molar-refractivity contribution in [3.05, 3.63) is 0 Å². The van der Waals surface area contributed by atoms with Gasteiger partial charge < -0.3 is 18.9 Å². The van der Waals surface area contributed by atoms with Crippen molar-refractivity contribution in [1.29, 1.82) is 0 Å². The van der Waals surface area contributed by atoms with E-state index in [9.17, 15) is 0 Å². The largest absolute Gasteiger partial charge is 0.371 e. The monoisotopic (exact) mass is 338 g/mol. The Balaban J connectivity index is 1.45. The van der Waals surface area contributed by atoms with Crippen LogP contribution in [0.2, 0.25) is 0 Å². The van der Waals surface area contributed by atoms with Gasteiger partial charge in [0, 0.05) is 6.42 Å². The van der Waals surface area contributed by atoms with Crippen molar-refractivity contribution in [2.75, 3.05) is 26.4 Å². The standard InChI is InChI=1S/C20H34O4/c1-2-3-4-5-6-7-8-9-10-11-12-13-20(23-16-18-14-21-18)24-17-19-15-22-19/h18-20H,2-11,14-17H2,1H3. The van der Waals surface area contributed by atoms with Gasteiger partial charge in [-0.3, -0.25) is 0 Å². The maximum absolute atomic E-state index is 5.66. The van der Waals surface area contributed by atoms with Gasteiger partial charge in [-0.25, -0.2) is 0 Å². The molecule has 2 saturated heterocycles. The van der Waals surface area contributed by atoms with Gasteiger partial charge in [-0.05, 0) is 12.3 Å². The van der Waals surface area contributed by atoms with Crippen LogP contribution in [0.4, 0.5) is 0 Å². The summed E-state index contributed by atoms with van der Waals surface area (Å²) in [6.07, 6.45) is 13.1. The lowest BCUT2D eigenvalue weighted by Gasteiger charge is -2.11. The van der Waals surface area contributed by atoms with E-state index in [1.807, 2.05) is 0 Å². The molecule has 0 amide bonds. The summed E-state index contributed by atoms with van der Waals surface area (Å²) < 4.78 is 21.6. The summed E-state index contributed by atoms with van der Waals surface area (Å²) in [6.45, 7) is 5.00. The SMILES string of the molecule is CCCCCCCCCCCC#CC(OCC1CO1)OCC1CO1. The van der Waals surface area contributed by atoms with Gasteiger partial charge in [-0.2, -0.15) is 0 Å². The summed E-state index contributed by atoms with van der Waals surface area (Å²) in [5.41, 5.74) is 0. The Morgan fingerprint density at radius 1 is 0.833 bits per heavy atom. The number of ether oxygens (including phenoxy) is 4. The molecule has 24 heavy (non-hydrogen) atoms. The van der Waals surface area contributed by atoms with Crippen molar-refractivity contribution in [2.24, 2.45) is 0 Å². The minimum atomic E-state index is -0.433. The molecule has 4 nitrogen and oxygen atoms in total. The third kappa shape index (κ3) is 11.0. The van der Waals surface area contributed by atoms with E-state index < -0.39 is 6.29 Å². The Labute approximate surface area is 147 Å². The Morgan fingerprint density at radius 2 is 1.33 bits per heavy atom. The molecule has 2 aliphatic heterocycles. The van der Waals surface area contributed by atoms with Crippen LogP contribution in [0, 0.1) is 11.8 Å². The van der Waals surface area contributed by atoms with E-state index in [-0.39, 0.29) is 12.2 Å². The van der Waals surface area contributed by atoms with Gasteiger partial charge in [-0.15, -0.1) is 0 Å². The lowest BCUT2D eigenvalue weighted by atomic mass is 10.1. The van der Waals surface area contributed by atoms with E-state index >= 15 is 0 Å². The quantitative estimate of drug-likeness (QED) is 0.195. The second-order valence-corrected chi connectivity index (χ2v) is 6.81. The second-order valence-electron chi connectivity index (χ2n) is 6.81. The molecule has 0 saturated carbocycles. The average molecular weight is 338 g/mol. The first-order valence-corrected chi connectivity index (χ1v) is 9.83. The molecule has 0 aromatic rings. The van der Waals surface area contributed by atoms with Crippen LogP contribution in [0.25, 0.3) is 0 Å². The summed E-state index contributed by atoms with van der Waals surface area (Å²) in [4.78, 5) is 0. The minimum Gasteiger partial charge on any atom is -0.371 e. The van der Waals surface area contributed by atoms with Crippen LogP contribution in [-0.2, 0) is 18.9 Å². The molecule has 2 heterocycles. The molecule has 2 rings (SSSR count). The maximum Gasteiger partial charge on any atom is 0.222 e. The van der Waals surface area contributed by atoms with Gasteiger partial charge in [0.05, 0.1) is 26.4 Å². The lowest BCUT2D eigenvalue weighted by molar-refractivity contribution is -0.111. The van der Waals surface area contributed by atoms with Crippen molar-refractivity contribution in [3.63, 3.8) is 0 Å². The topological polar surface area (TPSA) is 43.5 Å². The maximum atomic E-state index is 5.66. The number of unbranched alkanes of at least 4 members (excludes halogenated alkanes) is 9. The van der Waals surface area contributed by atoms with E-state index in [0.717, 1.165) is 19.6 Å². The molecule has 0 radical (unpaired) electrons. The minimum absolute atomic E-state index is 0.243. The van der Waals surface area contributed by atoms with Gasteiger partial charge in [0.25, 0.3) is 0 Å². The van der Waals surface area contributed by atoms with Crippen LogP contribution in [-0.4, -0.2) is 44.9 Å². The molecule has 0 aromatic carbocycles. The van der Waals surface area contributed by atoms with E-state index in [0.29, 0.717) is 13.2 Å². The summed E-state index contributed by atoms with van der Waals surface area (Å²) >= 11 is 0. The van der Waals surface area contributed by atoms with Gasteiger partial charge in [0.2, 0.25) is 6.29 Å². The zero-order valence-electron chi connectivity index (χ0n) is 15.3. The summed E-state index contributed by atoms with van der Waals surface area (Å²) in [5, 5.41) is 0. The molecular formula is C20H34O4. The van der Waals surface area contributed by atoms with Crippen molar-refractivity contribution in [1.82, 2.24) is 0 Å². The first-order valence-electron chi connectivity index (χ1n) is 9.83. The van der Waals surface area contributed by atoms with E-state index in [2.05, 4.69) is 18.8 Å². The zero-order valence-corrected chi connectivity index (χ0v) is 15.3. The van der Waals surface area contributed by atoms with Crippen LogP contribution in [0.1, 0.15) is 71.1 Å². The van der Waals surface area contributed by atoms with Crippen LogP contribution in [0.15, 0.2) is 0 Å². The Kier molecular flexibility index (Phi) is 10.5. The van der Waals surface area contributed by atoms with E-state index in [1.165, 1.54) is 57.8 Å². The van der Waals surface area contributed by atoms with E-state index in [1.54, 1.807) is 0 Å². The second kappa shape index (κ2) is 12.7. The first kappa shape index (κ1) is 19.7. The summed E-state index contributed by atoms with van der Waals surface area (Å²) in [6, 6.07) is 0. The highest BCUT2D eigenvalue weighted by Crippen LogP contribution is 2.13. The highest BCUT2D eigenvalue weighted by atomic mass is 16.7. The normalized spacial score (nSPS) is 22.7. The fourth-order valence-electron chi connectivity index (χ4n) is 2.53. The molecule has 2 atom stereocenters. The fourth-order valence-corrected chi connectivity index (χ4v) is 2.53. The Bertz CT molecular complexity index is 350. The molecular weight excluding hydrogens is 304 g/mol. The summed E-state index contributed by atoms with van der Waals surface area (Å²) in [7, 11) is 0. The Morgan fingerprint density at radius 3 is 1.83 bits per heavy atom. The molecule has 0 bridgehead atoms. The molecule has 2 aliphatic rings. The number of epoxide rings is 2. The smallest absolute Gasteiger partial charge is 0.222 e. The van der Waals surface area contributed by atoms with Crippen LogP contribution >= 0.6 is 0 Å². The van der Waals surface area contributed by atoms with Gasteiger partial charge in [0.15, 0.2) is 0 Å². The summed E-state index contributed by atoms with van der Waals surface area (Å²) in [5.74, 6) is 6.32. The zero-order chi connectivity index (χ0) is 16.9.